The molecule has 1 aromatic carbocycles. The van der Waals surface area contributed by atoms with Gasteiger partial charge < -0.3 is 10.1 Å². The van der Waals surface area contributed by atoms with E-state index in [0.29, 0.717) is 5.69 Å². The quantitative estimate of drug-likeness (QED) is 0.843. The molecule has 1 atom stereocenters. The van der Waals surface area contributed by atoms with Crippen molar-refractivity contribution in [3.63, 3.8) is 0 Å². The molecule has 0 aliphatic heterocycles. The number of esters is 1. The van der Waals surface area contributed by atoms with Crippen molar-refractivity contribution in [1.29, 1.82) is 0 Å². The Morgan fingerprint density at radius 2 is 1.80 bits per heavy atom. The third-order valence-electron chi connectivity index (χ3n) is 3.82. The van der Waals surface area contributed by atoms with Gasteiger partial charge in [0.1, 0.15) is 0 Å². The number of aryl methyl sites for hydroxylation is 2. The van der Waals surface area contributed by atoms with Gasteiger partial charge in [-0.05, 0) is 37.8 Å². The summed E-state index contributed by atoms with van der Waals surface area (Å²) in [4.78, 5) is 32.5. The predicted molar refractivity (Wildman–Crippen MR) is 95.5 cm³/mol. The standard InChI is InChI=1S/C19H23N3O3/c1-11(2)15-8-6-7-12(3)17(15)22-18(23)14(5)25-19(24)16-10-20-13(4)9-21-16/h6-11,14H,1-5H3,(H,22,23)/t14-/m1/s1. The van der Waals surface area contributed by atoms with Crippen LogP contribution >= 0.6 is 0 Å². The van der Waals surface area contributed by atoms with Crippen LogP contribution in [-0.2, 0) is 9.53 Å². The summed E-state index contributed by atoms with van der Waals surface area (Å²) >= 11 is 0. The SMILES string of the molecule is Cc1cnc(C(=O)O[C@H](C)C(=O)Nc2c(C)cccc2C(C)C)cn1. The zero-order valence-electron chi connectivity index (χ0n) is 15.2. The van der Waals surface area contributed by atoms with Gasteiger partial charge in [-0.2, -0.15) is 0 Å². The maximum atomic E-state index is 12.4. The molecule has 6 heteroatoms. The number of benzene rings is 1. The van der Waals surface area contributed by atoms with Crippen LogP contribution in [0.25, 0.3) is 0 Å². The Morgan fingerprint density at radius 3 is 2.40 bits per heavy atom. The molecule has 0 spiro atoms. The minimum absolute atomic E-state index is 0.0732. The Hall–Kier alpha value is -2.76. The van der Waals surface area contributed by atoms with Gasteiger partial charge in [-0.25, -0.2) is 9.78 Å². The number of carbonyl (C=O) groups excluding carboxylic acids is 2. The maximum Gasteiger partial charge on any atom is 0.359 e. The molecule has 1 amide bonds. The molecule has 2 rings (SSSR count). The van der Waals surface area contributed by atoms with E-state index in [1.54, 1.807) is 6.92 Å². The van der Waals surface area contributed by atoms with Crippen molar-refractivity contribution in [3.8, 4) is 0 Å². The average Bonchev–Trinajstić information content (AvgIpc) is 2.56. The fraction of sp³-hybridized carbons (Fsp3) is 0.368. The number of anilines is 1. The minimum Gasteiger partial charge on any atom is -0.448 e. The predicted octanol–water partition coefficient (Wildman–Crippen LogP) is 3.40. The van der Waals surface area contributed by atoms with Gasteiger partial charge in [-0.3, -0.25) is 9.78 Å². The van der Waals surface area contributed by atoms with Gasteiger partial charge in [-0.1, -0.05) is 32.0 Å². The van der Waals surface area contributed by atoms with Gasteiger partial charge in [0.15, 0.2) is 11.8 Å². The van der Waals surface area contributed by atoms with Crippen LogP contribution < -0.4 is 5.32 Å². The van der Waals surface area contributed by atoms with Crippen LogP contribution in [0.1, 0.15) is 54.0 Å². The fourth-order valence-electron chi connectivity index (χ4n) is 2.34. The summed E-state index contributed by atoms with van der Waals surface area (Å²) in [7, 11) is 0. The first-order chi connectivity index (χ1) is 11.8. The van der Waals surface area contributed by atoms with Crippen LogP contribution in [0.15, 0.2) is 30.6 Å². The molecule has 2 aromatic rings. The van der Waals surface area contributed by atoms with Crippen molar-refractivity contribution < 1.29 is 14.3 Å². The largest absolute Gasteiger partial charge is 0.448 e. The van der Waals surface area contributed by atoms with Crippen LogP contribution in [0.3, 0.4) is 0 Å². The van der Waals surface area contributed by atoms with Crippen molar-refractivity contribution >= 4 is 17.6 Å². The molecule has 0 saturated carbocycles. The zero-order valence-corrected chi connectivity index (χ0v) is 15.2. The highest BCUT2D eigenvalue weighted by Gasteiger charge is 2.21. The fourth-order valence-corrected chi connectivity index (χ4v) is 2.34. The summed E-state index contributed by atoms with van der Waals surface area (Å²) in [6, 6.07) is 5.87. The highest BCUT2D eigenvalue weighted by Crippen LogP contribution is 2.27. The molecule has 1 aromatic heterocycles. The van der Waals surface area contributed by atoms with Crippen molar-refractivity contribution in [3.05, 3.63) is 53.1 Å². The van der Waals surface area contributed by atoms with Gasteiger partial charge in [0, 0.05) is 11.9 Å². The van der Waals surface area contributed by atoms with E-state index in [1.807, 2.05) is 25.1 Å². The molecule has 132 valence electrons. The molecule has 0 saturated heterocycles. The third kappa shape index (κ3) is 4.62. The van der Waals surface area contributed by atoms with Crippen molar-refractivity contribution in [2.45, 2.75) is 46.6 Å². The summed E-state index contributed by atoms with van der Waals surface area (Å²) in [6.07, 6.45) is 1.86. The van der Waals surface area contributed by atoms with Crippen LogP contribution in [0.4, 0.5) is 5.69 Å². The molecule has 0 fully saturated rings. The minimum atomic E-state index is -0.949. The molecule has 0 radical (unpaired) electrons. The summed E-state index contributed by atoms with van der Waals surface area (Å²) in [6.45, 7) is 9.35. The molecule has 6 nitrogen and oxygen atoms in total. The van der Waals surface area contributed by atoms with Crippen LogP contribution in [0.2, 0.25) is 0 Å². The number of amides is 1. The lowest BCUT2D eigenvalue weighted by Crippen LogP contribution is -2.31. The van der Waals surface area contributed by atoms with Gasteiger partial charge in [0.2, 0.25) is 0 Å². The van der Waals surface area contributed by atoms with Gasteiger partial charge in [-0.15, -0.1) is 0 Å². The molecule has 0 bridgehead atoms. The Balaban J connectivity index is 2.08. The second-order valence-electron chi connectivity index (χ2n) is 6.27. The Kier molecular flexibility index (Phi) is 5.85. The Bertz CT molecular complexity index is 770. The average molecular weight is 341 g/mol. The number of nitrogens with zero attached hydrogens (tertiary/aromatic N) is 2. The van der Waals surface area contributed by atoms with Crippen LogP contribution in [-0.4, -0.2) is 27.9 Å². The number of rotatable bonds is 5. The van der Waals surface area contributed by atoms with Gasteiger partial charge in [0.05, 0.1) is 11.9 Å². The monoisotopic (exact) mass is 341 g/mol. The van der Waals surface area contributed by atoms with Crippen LogP contribution in [0.5, 0.6) is 0 Å². The Labute approximate surface area is 147 Å². The molecular weight excluding hydrogens is 318 g/mol. The first-order valence-electron chi connectivity index (χ1n) is 8.19. The van der Waals surface area contributed by atoms with Gasteiger partial charge in [0.25, 0.3) is 5.91 Å². The summed E-state index contributed by atoms with van der Waals surface area (Å²) in [5.74, 6) is -0.801. The van der Waals surface area contributed by atoms with E-state index in [0.717, 1.165) is 16.8 Å². The van der Waals surface area contributed by atoms with E-state index < -0.39 is 12.1 Å². The molecule has 25 heavy (non-hydrogen) atoms. The summed E-state index contributed by atoms with van der Waals surface area (Å²) in [5.41, 5.74) is 3.53. The topological polar surface area (TPSA) is 81.2 Å². The number of para-hydroxylation sites is 1. The zero-order chi connectivity index (χ0) is 18.6. The molecular formula is C19H23N3O3. The molecule has 0 aliphatic carbocycles. The first-order valence-corrected chi connectivity index (χ1v) is 8.19. The van der Waals surface area contributed by atoms with Crippen LogP contribution in [0, 0.1) is 13.8 Å². The van der Waals surface area contributed by atoms with E-state index in [1.165, 1.54) is 19.3 Å². The Morgan fingerprint density at radius 1 is 1.08 bits per heavy atom. The van der Waals surface area contributed by atoms with E-state index in [-0.39, 0.29) is 17.5 Å². The number of ether oxygens (including phenoxy) is 1. The van der Waals surface area contributed by atoms with E-state index in [2.05, 4.69) is 29.1 Å². The first kappa shape index (κ1) is 18.6. The van der Waals surface area contributed by atoms with E-state index >= 15 is 0 Å². The molecule has 1 heterocycles. The lowest BCUT2D eigenvalue weighted by atomic mass is 9.98. The maximum absolute atomic E-state index is 12.4. The number of carbonyl (C=O) groups is 2. The number of nitrogens with one attached hydrogen (secondary N) is 1. The van der Waals surface area contributed by atoms with Crippen molar-refractivity contribution in [1.82, 2.24) is 9.97 Å². The third-order valence-corrected chi connectivity index (χ3v) is 3.82. The van der Waals surface area contributed by atoms with Crippen molar-refractivity contribution in [2.75, 3.05) is 5.32 Å². The highest BCUT2D eigenvalue weighted by atomic mass is 16.5. The second-order valence-corrected chi connectivity index (χ2v) is 6.27. The number of hydrogen-bond donors (Lipinski definition) is 1. The van der Waals surface area contributed by atoms with E-state index in [4.69, 9.17) is 4.74 Å². The second kappa shape index (κ2) is 7.88. The van der Waals surface area contributed by atoms with Crippen molar-refractivity contribution in [2.24, 2.45) is 0 Å². The summed E-state index contributed by atoms with van der Waals surface area (Å²) < 4.78 is 5.20. The number of aromatic nitrogens is 2. The lowest BCUT2D eigenvalue weighted by molar-refractivity contribution is -0.123. The van der Waals surface area contributed by atoms with E-state index in [9.17, 15) is 9.59 Å². The summed E-state index contributed by atoms with van der Waals surface area (Å²) in [5, 5.41) is 2.87. The lowest BCUT2D eigenvalue weighted by Gasteiger charge is -2.19. The highest BCUT2D eigenvalue weighted by molar-refractivity contribution is 5.97. The molecule has 0 aliphatic rings. The normalized spacial score (nSPS) is 11.9. The number of hydrogen-bond acceptors (Lipinski definition) is 5. The molecule has 0 unspecified atom stereocenters. The van der Waals surface area contributed by atoms with Gasteiger partial charge >= 0.3 is 5.97 Å². The smallest absolute Gasteiger partial charge is 0.359 e. The molecule has 1 N–H and O–H groups in total.